The lowest BCUT2D eigenvalue weighted by Gasteiger charge is -2.25. The molecule has 1 aromatic carbocycles. The molecule has 2 atom stereocenters. The van der Waals surface area contributed by atoms with Crippen molar-refractivity contribution in [2.75, 3.05) is 0 Å². The summed E-state index contributed by atoms with van der Waals surface area (Å²) in [6.07, 6.45) is 12.1. The molecule has 0 radical (unpaired) electrons. The van der Waals surface area contributed by atoms with Crippen LogP contribution in [-0.2, 0) is 9.47 Å². The number of aromatic carboxylic acids is 1. The van der Waals surface area contributed by atoms with E-state index in [1.807, 2.05) is 0 Å². The SMILES string of the molecule is O=C(O)c1cc(C(=O)OC2(O)C=CC=CC2)cc(C(=O)OC2(O)C=CC=CC2)c1. The molecular formula is C21H18O8. The minimum atomic E-state index is -1.87. The van der Waals surface area contributed by atoms with Crippen molar-refractivity contribution in [1.82, 2.24) is 0 Å². The van der Waals surface area contributed by atoms with E-state index in [0.717, 1.165) is 18.2 Å². The Bertz CT molecular complexity index is 903. The Morgan fingerprint density at radius 3 is 1.48 bits per heavy atom. The van der Waals surface area contributed by atoms with Crippen LogP contribution in [0.3, 0.4) is 0 Å². The van der Waals surface area contributed by atoms with Crippen molar-refractivity contribution in [1.29, 1.82) is 0 Å². The molecule has 2 aliphatic carbocycles. The lowest BCUT2D eigenvalue weighted by molar-refractivity contribution is -0.126. The monoisotopic (exact) mass is 398 g/mol. The Morgan fingerprint density at radius 1 is 0.724 bits per heavy atom. The van der Waals surface area contributed by atoms with Crippen LogP contribution >= 0.6 is 0 Å². The lowest BCUT2D eigenvalue weighted by Crippen LogP contribution is -2.34. The van der Waals surface area contributed by atoms with E-state index in [9.17, 15) is 29.7 Å². The van der Waals surface area contributed by atoms with Gasteiger partial charge in [-0.2, -0.15) is 0 Å². The average Bonchev–Trinajstić information content (AvgIpc) is 2.68. The summed E-state index contributed by atoms with van der Waals surface area (Å²) < 4.78 is 10.1. The molecule has 0 heterocycles. The number of carboxylic acid groups (broad SMARTS) is 1. The predicted octanol–water partition coefficient (Wildman–Crippen LogP) is 2.11. The van der Waals surface area contributed by atoms with Gasteiger partial charge in [-0.15, -0.1) is 0 Å². The summed E-state index contributed by atoms with van der Waals surface area (Å²) in [5.41, 5.74) is -0.887. The second-order valence-corrected chi connectivity index (χ2v) is 6.56. The molecule has 0 saturated heterocycles. The van der Waals surface area contributed by atoms with Gasteiger partial charge in [0.25, 0.3) is 0 Å². The molecule has 8 heteroatoms. The van der Waals surface area contributed by atoms with Crippen molar-refractivity contribution in [2.45, 2.75) is 24.4 Å². The topological polar surface area (TPSA) is 130 Å². The molecule has 2 unspecified atom stereocenters. The van der Waals surface area contributed by atoms with Crippen LogP contribution in [0.5, 0.6) is 0 Å². The van der Waals surface area contributed by atoms with E-state index in [1.165, 1.54) is 24.3 Å². The van der Waals surface area contributed by atoms with E-state index in [2.05, 4.69) is 0 Å². The number of carbonyl (C=O) groups excluding carboxylic acids is 2. The zero-order chi connectivity index (χ0) is 21.1. The maximum Gasteiger partial charge on any atom is 0.340 e. The second-order valence-electron chi connectivity index (χ2n) is 6.56. The van der Waals surface area contributed by atoms with Crippen molar-refractivity contribution in [3.05, 3.63) is 83.5 Å². The summed E-state index contributed by atoms with van der Waals surface area (Å²) in [4.78, 5) is 36.3. The van der Waals surface area contributed by atoms with Crippen molar-refractivity contribution in [3.63, 3.8) is 0 Å². The van der Waals surface area contributed by atoms with Gasteiger partial charge in [-0.25, -0.2) is 14.4 Å². The van der Waals surface area contributed by atoms with E-state index in [1.54, 1.807) is 24.3 Å². The molecule has 150 valence electrons. The molecule has 0 amide bonds. The van der Waals surface area contributed by atoms with Crippen LogP contribution < -0.4 is 0 Å². The highest BCUT2D eigenvalue weighted by Crippen LogP contribution is 2.24. The molecule has 1 aromatic rings. The smallest absolute Gasteiger partial charge is 0.340 e. The van der Waals surface area contributed by atoms with Gasteiger partial charge in [-0.3, -0.25) is 0 Å². The normalized spacial score (nSPS) is 24.9. The van der Waals surface area contributed by atoms with E-state index < -0.39 is 29.5 Å². The molecule has 8 nitrogen and oxygen atoms in total. The fraction of sp³-hybridized carbons (Fsp3) is 0.190. The van der Waals surface area contributed by atoms with E-state index >= 15 is 0 Å². The van der Waals surface area contributed by atoms with Crippen LogP contribution in [0.15, 0.2) is 66.8 Å². The van der Waals surface area contributed by atoms with Crippen LogP contribution in [0.1, 0.15) is 43.9 Å². The Morgan fingerprint density at radius 2 is 1.14 bits per heavy atom. The van der Waals surface area contributed by atoms with Crippen molar-refractivity contribution in [2.24, 2.45) is 0 Å². The zero-order valence-corrected chi connectivity index (χ0v) is 15.1. The number of carbonyl (C=O) groups is 3. The highest BCUT2D eigenvalue weighted by Gasteiger charge is 2.32. The van der Waals surface area contributed by atoms with Gasteiger partial charge in [-0.05, 0) is 30.4 Å². The maximum absolute atomic E-state index is 12.5. The third-order valence-corrected chi connectivity index (χ3v) is 4.22. The first-order valence-electron chi connectivity index (χ1n) is 8.68. The summed E-state index contributed by atoms with van der Waals surface area (Å²) in [6.45, 7) is 0. The molecule has 0 bridgehead atoms. The van der Waals surface area contributed by atoms with Crippen LogP contribution in [0.2, 0.25) is 0 Å². The van der Waals surface area contributed by atoms with Crippen LogP contribution in [0.4, 0.5) is 0 Å². The van der Waals surface area contributed by atoms with Gasteiger partial charge in [0.05, 0.1) is 16.7 Å². The maximum atomic E-state index is 12.5. The summed E-state index contributed by atoms with van der Waals surface area (Å²) in [7, 11) is 0. The van der Waals surface area contributed by atoms with Gasteiger partial charge in [0.15, 0.2) is 0 Å². The number of hydrogen-bond acceptors (Lipinski definition) is 7. The third kappa shape index (κ3) is 4.87. The van der Waals surface area contributed by atoms with Gasteiger partial charge in [-0.1, -0.05) is 36.5 Å². The number of carboxylic acids is 1. The number of ether oxygens (including phenoxy) is 2. The number of hydrogen-bond donors (Lipinski definition) is 3. The van der Waals surface area contributed by atoms with E-state index in [4.69, 9.17) is 9.47 Å². The minimum absolute atomic E-state index is 0.0235. The summed E-state index contributed by atoms with van der Waals surface area (Å²) in [5.74, 6) is -7.18. The fourth-order valence-corrected chi connectivity index (χ4v) is 2.76. The van der Waals surface area contributed by atoms with Crippen molar-refractivity contribution >= 4 is 17.9 Å². The largest absolute Gasteiger partial charge is 0.478 e. The average molecular weight is 398 g/mol. The lowest BCUT2D eigenvalue weighted by atomic mass is 10.0. The van der Waals surface area contributed by atoms with Gasteiger partial charge in [0.1, 0.15) is 0 Å². The minimum Gasteiger partial charge on any atom is -0.478 e. The molecule has 0 spiro atoms. The fourth-order valence-electron chi connectivity index (χ4n) is 2.76. The molecule has 0 aromatic heterocycles. The van der Waals surface area contributed by atoms with Gasteiger partial charge in [0, 0.05) is 12.8 Å². The molecule has 0 aliphatic heterocycles. The number of rotatable bonds is 5. The first-order chi connectivity index (χ1) is 13.7. The molecule has 3 rings (SSSR count). The number of allylic oxidation sites excluding steroid dienone is 4. The Labute approximate surface area is 165 Å². The summed E-state index contributed by atoms with van der Waals surface area (Å²) >= 11 is 0. The number of aliphatic hydroxyl groups is 2. The van der Waals surface area contributed by atoms with Gasteiger partial charge in [0.2, 0.25) is 11.6 Å². The highest BCUT2D eigenvalue weighted by molar-refractivity contribution is 6.00. The molecule has 29 heavy (non-hydrogen) atoms. The molecule has 0 saturated carbocycles. The van der Waals surface area contributed by atoms with E-state index in [-0.39, 0.29) is 29.5 Å². The van der Waals surface area contributed by atoms with Crippen LogP contribution in [0, 0.1) is 0 Å². The molecule has 3 N–H and O–H groups in total. The van der Waals surface area contributed by atoms with E-state index in [0.29, 0.717) is 0 Å². The van der Waals surface area contributed by atoms with Gasteiger partial charge < -0.3 is 24.8 Å². The number of benzene rings is 1. The van der Waals surface area contributed by atoms with Crippen LogP contribution in [-0.4, -0.2) is 44.8 Å². The summed E-state index contributed by atoms with van der Waals surface area (Å²) in [6, 6.07) is 3.12. The quantitative estimate of drug-likeness (QED) is 0.508. The number of esters is 2. The molecule has 2 aliphatic rings. The highest BCUT2D eigenvalue weighted by atomic mass is 16.7. The Hall–Kier alpha value is -3.49. The Kier molecular flexibility index (Phi) is 5.49. The van der Waals surface area contributed by atoms with Crippen molar-refractivity contribution < 1.29 is 39.2 Å². The molecule has 0 fully saturated rings. The standard InChI is InChI=1S/C21H18O8/c22-17(23)14-11-15(18(24)28-20(26)7-3-1-4-8-20)13-16(12-14)19(25)29-21(27)9-5-2-6-10-21/h1-7,9,11-13,26-27H,8,10H2,(H,22,23). The first-order valence-corrected chi connectivity index (χ1v) is 8.68. The van der Waals surface area contributed by atoms with Crippen LogP contribution in [0.25, 0.3) is 0 Å². The predicted molar refractivity (Wildman–Crippen MR) is 99.9 cm³/mol. The third-order valence-electron chi connectivity index (χ3n) is 4.22. The zero-order valence-electron chi connectivity index (χ0n) is 15.1. The van der Waals surface area contributed by atoms with Crippen molar-refractivity contribution in [3.8, 4) is 0 Å². The summed E-state index contributed by atoms with van der Waals surface area (Å²) in [5, 5.41) is 29.8. The second kappa shape index (κ2) is 7.86. The Balaban J connectivity index is 1.86. The molecular weight excluding hydrogens is 380 g/mol. The first kappa shape index (κ1) is 20.2. The van der Waals surface area contributed by atoms with Gasteiger partial charge >= 0.3 is 17.9 Å².